The molecule has 0 atom stereocenters. The highest BCUT2D eigenvalue weighted by Crippen LogP contribution is 2.20. The summed E-state index contributed by atoms with van der Waals surface area (Å²) >= 11 is 0. The van der Waals surface area contributed by atoms with E-state index < -0.39 is 0 Å². The molecule has 0 heterocycles. The third kappa shape index (κ3) is 4.70. The van der Waals surface area contributed by atoms with E-state index in [1.54, 1.807) is 14.0 Å². The molecule has 0 bridgehead atoms. The van der Waals surface area contributed by atoms with E-state index >= 15 is 0 Å². The lowest BCUT2D eigenvalue weighted by Crippen LogP contribution is -2.25. The first-order chi connectivity index (χ1) is 12.5. The van der Waals surface area contributed by atoms with Crippen molar-refractivity contribution in [2.75, 3.05) is 12.4 Å². The van der Waals surface area contributed by atoms with E-state index in [4.69, 9.17) is 5.41 Å². The SMILES string of the molecule is CN/C(C(=O)Nc1ccc(/C=C/c2ccccc2C)cc1C)=C(/C)C=N. The zero-order chi connectivity index (χ0) is 19.1. The molecule has 0 spiro atoms. The molecule has 0 saturated heterocycles. The first-order valence-electron chi connectivity index (χ1n) is 8.51. The topological polar surface area (TPSA) is 65.0 Å². The lowest BCUT2D eigenvalue weighted by Gasteiger charge is -2.12. The van der Waals surface area contributed by atoms with E-state index in [-0.39, 0.29) is 5.91 Å². The Morgan fingerprint density at radius 1 is 1.04 bits per heavy atom. The molecule has 2 aromatic rings. The zero-order valence-electron chi connectivity index (χ0n) is 15.7. The molecule has 4 nitrogen and oxygen atoms in total. The normalized spacial score (nSPS) is 11.8. The van der Waals surface area contributed by atoms with Crippen LogP contribution in [-0.2, 0) is 4.79 Å². The molecule has 134 valence electrons. The summed E-state index contributed by atoms with van der Waals surface area (Å²) in [5.41, 5.74) is 6.21. The molecule has 0 aliphatic rings. The number of carbonyl (C=O) groups excluding carboxylic acids is 1. The lowest BCUT2D eigenvalue weighted by molar-refractivity contribution is -0.113. The minimum atomic E-state index is -0.250. The lowest BCUT2D eigenvalue weighted by atomic mass is 10.1. The fraction of sp³-hybridized carbons (Fsp3) is 0.182. The molecule has 0 aliphatic carbocycles. The molecule has 0 unspecified atom stereocenters. The van der Waals surface area contributed by atoms with Crippen molar-refractivity contribution in [1.82, 2.24) is 5.32 Å². The average molecular weight is 347 g/mol. The quantitative estimate of drug-likeness (QED) is 0.407. The average Bonchev–Trinajstić information content (AvgIpc) is 2.63. The van der Waals surface area contributed by atoms with Crippen molar-refractivity contribution in [1.29, 1.82) is 5.41 Å². The maximum Gasteiger partial charge on any atom is 0.272 e. The van der Waals surface area contributed by atoms with Crippen molar-refractivity contribution >= 4 is 30.0 Å². The number of hydrogen-bond donors (Lipinski definition) is 3. The monoisotopic (exact) mass is 347 g/mol. The van der Waals surface area contributed by atoms with Gasteiger partial charge in [-0.05, 0) is 60.7 Å². The second-order valence-corrected chi connectivity index (χ2v) is 6.17. The fourth-order valence-electron chi connectivity index (χ4n) is 2.64. The smallest absolute Gasteiger partial charge is 0.272 e. The second-order valence-electron chi connectivity index (χ2n) is 6.17. The largest absolute Gasteiger partial charge is 0.383 e. The third-order valence-electron chi connectivity index (χ3n) is 4.23. The maximum atomic E-state index is 12.4. The Bertz CT molecular complexity index is 879. The summed E-state index contributed by atoms with van der Waals surface area (Å²) in [6.45, 7) is 5.78. The molecule has 3 N–H and O–H groups in total. The Balaban J connectivity index is 2.18. The maximum absolute atomic E-state index is 12.4. The third-order valence-corrected chi connectivity index (χ3v) is 4.23. The van der Waals surface area contributed by atoms with Crippen molar-refractivity contribution < 1.29 is 4.79 Å². The van der Waals surface area contributed by atoms with Crippen molar-refractivity contribution in [3.05, 3.63) is 76.0 Å². The van der Waals surface area contributed by atoms with Gasteiger partial charge >= 0.3 is 0 Å². The van der Waals surface area contributed by atoms with Crippen molar-refractivity contribution in [3.63, 3.8) is 0 Å². The van der Waals surface area contributed by atoms with E-state index in [0.717, 1.165) is 23.0 Å². The number of hydrogen-bond acceptors (Lipinski definition) is 3. The molecular formula is C22H25N3O. The summed E-state index contributed by atoms with van der Waals surface area (Å²) in [5.74, 6) is -0.250. The van der Waals surface area contributed by atoms with Gasteiger partial charge in [0.15, 0.2) is 0 Å². The van der Waals surface area contributed by atoms with Crippen molar-refractivity contribution in [2.24, 2.45) is 0 Å². The molecule has 0 radical (unpaired) electrons. The predicted molar refractivity (Wildman–Crippen MR) is 110 cm³/mol. The van der Waals surface area contributed by atoms with Crippen LogP contribution in [0.25, 0.3) is 12.2 Å². The first kappa shape index (κ1) is 19.2. The van der Waals surface area contributed by atoms with Crippen LogP contribution in [0.2, 0.25) is 0 Å². The summed E-state index contributed by atoms with van der Waals surface area (Å²) in [6.07, 6.45) is 5.33. The summed E-state index contributed by atoms with van der Waals surface area (Å²) < 4.78 is 0. The van der Waals surface area contributed by atoms with Crippen LogP contribution in [0.5, 0.6) is 0 Å². The molecule has 4 heteroatoms. The summed E-state index contributed by atoms with van der Waals surface area (Å²) in [7, 11) is 1.67. The van der Waals surface area contributed by atoms with Crippen LogP contribution < -0.4 is 10.6 Å². The zero-order valence-corrected chi connectivity index (χ0v) is 15.7. The van der Waals surface area contributed by atoms with Gasteiger partial charge in [0.25, 0.3) is 5.91 Å². The van der Waals surface area contributed by atoms with Crippen LogP contribution in [0.4, 0.5) is 5.69 Å². The number of likely N-dealkylation sites (N-methyl/N-ethyl adjacent to an activating group) is 1. The van der Waals surface area contributed by atoms with Crippen molar-refractivity contribution in [3.8, 4) is 0 Å². The van der Waals surface area contributed by atoms with E-state index in [1.165, 1.54) is 11.1 Å². The van der Waals surface area contributed by atoms with Gasteiger partial charge in [0, 0.05) is 18.9 Å². The minimum Gasteiger partial charge on any atom is -0.383 e. The van der Waals surface area contributed by atoms with Crippen LogP contribution in [0.15, 0.2) is 53.7 Å². The van der Waals surface area contributed by atoms with Crippen LogP contribution >= 0.6 is 0 Å². The Labute approximate surface area is 155 Å². The Morgan fingerprint density at radius 3 is 2.38 bits per heavy atom. The van der Waals surface area contributed by atoms with Crippen LogP contribution in [-0.4, -0.2) is 19.2 Å². The van der Waals surface area contributed by atoms with Gasteiger partial charge in [0.05, 0.1) is 0 Å². The van der Waals surface area contributed by atoms with Crippen LogP contribution in [0.1, 0.15) is 29.2 Å². The van der Waals surface area contributed by atoms with E-state index in [9.17, 15) is 4.79 Å². The van der Waals surface area contributed by atoms with E-state index in [0.29, 0.717) is 11.3 Å². The fourth-order valence-corrected chi connectivity index (χ4v) is 2.64. The van der Waals surface area contributed by atoms with Crippen LogP contribution in [0.3, 0.4) is 0 Å². The number of amides is 1. The Kier molecular flexibility index (Phi) is 6.50. The number of carbonyl (C=O) groups is 1. The first-order valence-corrected chi connectivity index (χ1v) is 8.51. The molecule has 0 aliphatic heterocycles. The van der Waals surface area contributed by atoms with Gasteiger partial charge in [-0.25, -0.2) is 0 Å². The number of nitrogens with one attached hydrogen (secondary N) is 3. The molecule has 0 saturated carbocycles. The van der Waals surface area contributed by atoms with Gasteiger partial charge in [-0.2, -0.15) is 0 Å². The summed E-state index contributed by atoms with van der Waals surface area (Å²) in [6, 6.07) is 14.2. The summed E-state index contributed by atoms with van der Waals surface area (Å²) in [5, 5.41) is 13.1. The number of aryl methyl sites for hydroxylation is 2. The molecule has 0 fully saturated rings. The van der Waals surface area contributed by atoms with Gasteiger partial charge < -0.3 is 16.0 Å². The number of allylic oxidation sites excluding steroid dienone is 1. The van der Waals surface area contributed by atoms with Crippen LogP contribution in [0, 0.1) is 19.3 Å². The highest BCUT2D eigenvalue weighted by molar-refractivity contribution is 6.07. The highest BCUT2D eigenvalue weighted by Gasteiger charge is 2.11. The van der Waals surface area contributed by atoms with E-state index in [2.05, 4.69) is 41.8 Å². The van der Waals surface area contributed by atoms with Gasteiger partial charge in [-0.1, -0.05) is 42.5 Å². The number of anilines is 1. The number of rotatable bonds is 6. The van der Waals surface area contributed by atoms with Gasteiger partial charge in [-0.15, -0.1) is 0 Å². The number of benzene rings is 2. The molecule has 2 aromatic carbocycles. The molecular weight excluding hydrogens is 322 g/mol. The Morgan fingerprint density at radius 2 is 1.77 bits per heavy atom. The second kappa shape index (κ2) is 8.81. The van der Waals surface area contributed by atoms with Gasteiger partial charge in [0.1, 0.15) is 5.70 Å². The summed E-state index contributed by atoms with van der Waals surface area (Å²) in [4.78, 5) is 12.4. The predicted octanol–water partition coefficient (Wildman–Crippen LogP) is 4.56. The highest BCUT2D eigenvalue weighted by atomic mass is 16.2. The van der Waals surface area contributed by atoms with Gasteiger partial charge in [0.2, 0.25) is 0 Å². The minimum absolute atomic E-state index is 0.250. The van der Waals surface area contributed by atoms with E-state index in [1.807, 2.05) is 37.3 Å². The molecule has 2 rings (SSSR count). The Hall–Kier alpha value is -3.14. The van der Waals surface area contributed by atoms with Gasteiger partial charge in [-0.3, -0.25) is 4.79 Å². The molecule has 26 heavy (non-hydrogen) atoms. The molecule has 0 aromatic heterocycles. The standard InChI is InChI=1S/C22H25N3O/c1-15-7-5-6-8-19(15)11-9-18-10-12-20(16(2)13-18)25-22(26)21(24-4)17(3)14-23/h5-14,23-24H,1-4H3,(H,25,26)/b11-9+,21-17-,23-14?. The van der Waals surface area contributed by atoms with Crippen molar-refractivity contribution in [2.45, 2.75) is 20.8 Å². The molecule has 1 amide bonds.